The third-order valence-electron chi connectivity index (χ3n) is 8.81. The van der Waals surface area contributed by atoms with E-state index in [0.29, 0.717) is 5.57 Å². The standard InChI is InChI=1S/C39H45NO10/c1-20-11-9-7-8-10-12-30(44)40-33-37(48)27-18-25(6)36(47)32(31(27)38(49)39(33)50)35(46)24(5)17-23(4)34(45)22(3)14-16-26(41)15-13-21(2)29(43)19-28(20)42/h7-14,16-18,20,22-23,26,28,34,41-42,45,47-48H,15,19H2,1-6H3,(H,40,44)/b8-7-,11-9+,12-10-,16-14+,21-13+,24-17+/t20-,22-,23-,26-,28-,34-/m0/s1. The van der Waals surface area contributed by atoms with Crippen molar-refractivity contribution in [1.82, 2.24) is 5.32 Å². The maximum Gasteiger partial charge on any atom is 0.253 e. The number of ketones is 4. The number of allylic oxidation sites excluding steroid dienone is 7. The summed E-state index contributed by atoms with van der Waals surface area (Å²) in [4.78, 5) is 65.5. The van der Waals surface area contributed by atoms with Crippen LogP contribution in [-0.4, -0.2) is 72.9 Å². The summed E-state index contributed by atoms with van der Waals surface area (Å²) < 4.78 is 0. The number of phenols is 1. The van der Waals surface area contributed by atoms with Crippen molar-refractivity contribution in [2.45, 2.75) is 72.7 Å². The summed E-state index contributed by atoms with van der Waals surface area (Å²) in [6, 6.07) is 1.23. The molecule has 3 aliphatic rings. The van der Waals surface area contributed by atoms with E-state index in [9.17, 15) is 49.5 Å². The molecule has 0 saturated carbocycles. The number of fused-ring (bicyclic) bond motifs is 18. The average Bonchev–Trinajstić information content (AvgIpc) is 3.07. The molecular formula is C39H45NO10. The number of hydrogen-bond acceptors (Lipinski definition) is 10. The molecule has 1 amide bonds. The number of carbonyl (C=O) groups is 5. The van der Waals surface area contributed by atoms with E-state index < -0.39 is 87.7 Å². The predicted octanol–water partition coefficient (Wildman–Crippen LogP) is 4.46. The molecule has 2 heterocycles. The van der Waals surface area contributed by atoms with Crippen LogP contribution < -0.4 is 5.32 Å². The maximum absolute atomic E-state index is 13.7. The fourth-order valence-electron chi connectivity index (χ4n) is 5.53. The van der Waals surface area contributed by atoms with Crippen molar-refractivity contribution in [3.05, 3.63) is 106 Å². The minimum Gasteiger partial charge on any atom is -0.507 e. The van der Waals surface area contributed by atoms with Crippen LogP contribution in [0.5, 0.6) is 5.75 Å². The van der Waals surface area contributed by atoms with E-state index >= 15 is 0 Å². The van der Waals surface area contributed by atoms with Crippen molar-refractivity contribution in [2.75, 3.05) is 0 Å². The van der Waals surface area contributed by atoms with Gasteiger partial charge in [-0.3, -0.25) is 24.0 Å². The molecule has 0 saturated heterocycles. The number of benzene rings is 1. The fourth-order valence-corrected chi connectivity index (χ4v) is 5.53. The van der Waals surface area contributed by atoms with Crippen molar-refractivity contribution < 1.29 is 49.5 Å². The van der Waals surface area contributed by atoms with E-state index in [-0.39, 0.29) is 35.3 Å². The number of rotatable bonds is 0. The summed E-state index contributed by atoms with van der Waals surface area (Å²) in [5.74, 6) is -7.27. The Kier molecular flexibility index (Phi) is 13.5. The van der Waals surface area contributed by atoms with Gasteiger partial charge >= 0.3 is 0 Å². The van der Waals surface area contributed by atoms with Crippen molar-refractivity contribution in [3.8, 4) is 5.75 Å². The summed E-state index contributed by atoms with van der Waals surface area (Å²) >= 11 is 0. The van der Waals surface area contributed by atoms with Crippen LogP contribution in [0.15, 0.2) is 83.7 Å². The Labute approximate surface area is 291 Å². The first-order valence-electron chi connectivity index (χ1n) is 16.3. The zero-order valence-electron chi connectivity index (χ0n) is 29.0. The number of carbonyl (C=O) groups excluding carboxylic acids is 5. The first-order chi connectivity index (χ1) is 23.5. The average molecular weight is 688 g/mol. The zero-order chi connectivity index (χ0) is 37.4. The SMILES string of the molecule is C/C1=C\C[C@H](O)/C=C/[C@H](C)[C@H](O)[C@@H](C)/C=C(\C)C(=O)c2c(O)c(C)cc3c2C(=O)C(=O)C(=C3O)NC(=O)\C=C/C=C\C=C\[C@H](C)[C@@H](O)CC1=O. The Morgan fingerprint density at radius 1 is 0.720 bits per heavy atom. The number of phenolic OH excluding ortho intramolecular Hbond substituents is 1. The number of amides is 1. The largest absolute Gasteiger partial charge is 0.507 e. The molecule has 1 aromatic carbocycles. The van der Waals surface area contributed by atoms with Crippen LogP contribution in [0.4, 0.5) is 0 Å². The Balaban J connectivity index is 2.07. The van der Waals surface area contributed by atoms with Gasteiger partial charge in [-0.2, -0.15) is 0 Å². The summed E-state index contributed by atoms with van der Waals surface area (Å²) in [7, 11) is 0. The molecular weight excluding hydrogens is 642 g/mol. The summed E-state index contributed by atoms with van der Waals surface area (Å²) in [6.45, 7) is 9.57. The molecule has 0 radical (unpaired) electrons. The first kappa shape index (κ1) is 39.5. The molecule has 11 heteroatoms. The van der Waals surface area contributed by atoms with Crippen molar-refractivity contribution in [1.29, 1.82) is 0 Å². The normalized spacial score (nSPS) is 31.3. The van der Waals surface area contributed by atoms with E-state index in [1.54, 1.807) is 58.1 Å². The van der Waals surface area contributed by atoms with E-state index in [1.165, 1.54) is 44.2 Å². The van der Waals surface area contributed by atoms with Gasteiger partial charge in [-0.1, -0.05) is 75.5 Å². The number of Topliss-reactive ketones (excluding diaryl/α,β-unsaturated/α-hetero) is 4. The van der Waals surface area contributed by atoms with E-state index in [4.69, 9.17) is 0 Å². The fraction of sp³-hybridized carbons (Fsp3) is 0.359. The predicted molar refractivity (Wildman–Crippen MR) is 188 cm³/mol. The van der Waals surface area contributed by atoms with Gasteiger partial charge in [0, 0.05) is 35.8 Å². The topological polar surface area (TPSA) is 199 Å². The van der Waals surface area contributed by atoms with Gasteiger partial charge in [-0.15, -0.1) is 0 Å². The van der Waals surface area contributed by atoms with Crippen molar-refractivity contribution >= 4 is 34.8 Å². The van der Waals surface area contributed by atoms with Crippen LogP contribution in [0, 0.1) is 24.7 Å². The van der Waals surface area contributed by atoms with Crippen LogP contribution in [0.25, 0.3) is 5.76 Å². The number of nitrogens with one attached hydrogen (secondary N) is 1. The minimum absolute atomic E-state index is 0.0421. The molecule has 0 aromatic heterocycles. The number of aliphatic hydroxyl groups excluding tert-OH is 4. The molecule has 6 atom stereocenters. The minimum atomic E-state index is -1.29. The molecule has 266 valence electrons. The lowest BCUT2D eigenvalue weighted by Crippen LogP contribution is -2.35. The molecule has 1 aliphatic carbocycles. The quantitative estimate of drug-likeness (QED) is 0.167. The van der Waals surface area contributed by atoms with Crippen LogP contribution in [0.2, 0.25) is 0 Å². The smallest absolute Gasteiger partial charge is 0.253 e. The number of aryl methyl sites for hydroxylation is 1. The van der Waals surface area contributed by atoms with Crippen LogP contribution in [0.3, 0.4) is 0 Å². The lowest BCUT2D eigenvalue weighted by atomic mass is 9.82. The van der Waals surface area contributed by atoms with Gasteiger partial charge in [-0.05, 0) is 50.0 Å². The molecule has 50 heavy (non-hydrogen) atoms. The molecule has 0 spiro atoms. The van der Waals surface area contributed by atoms with Gasteiger partial charge < -0.3 is 30.8 Å². The van der Waals surface area contributed by atoms with Crippen molar-refractivity contribution in [3.63, 3.8) is 0 Å². The van der Waals surface area contributed by atoms with Crippen LogP contribution >= 0.6 is 0 Å². The van der Waals surface area contributed by atoms with Gasteiger partial charge in [0.05, 0.1) is 29.4 Å². The molecule has 6 N–H and O–H groups in total. The molecule has 2 aliphatic heterocycles. The van der Waals surface area contributed by atoms with E-state index in [1.807, 2.05) is 0 Å². The lowest BCUT2D eigenvalue weighted by molar-refractivity contribution is -0.118. The van der Waals surface area contributed by atoms with Gasteiger partial charge in [0.1, 0.15) is 11.4 Å². The Hall–Kier alpha value is -4.97. The second-order valence-corrected chi connectivity index (χ2v) is 12.9. The highest BCUT2D eigenvalue weighted by molar-refractivity contribution is 6.53. The second-order valence-electron chi connectivity index (χ2n) is 12.9. The Bertz CT molecular complexity index is 1770. The lowest BCUT2D eigenvalue weighted by Gasteiger charge is -2.23. The monoisotopic (exact) mass is 687 g/mol. The Morgan fingerprint density at radius 3 is 2.06 bits per heavy atom. The number of aromatic hydroxyl groups is 1. The molecule has 1 aromatic rings. The van der Waals surface area contributed by atoms with Gasteiger partial charge in [-0.25, -0.2) is 0 Å². The molecule has 0 unspecified atom stereocenters. The third kappa shape index (κ3) is 9.38. The Morgan fingerprint density at radius 2 is 1.38 bits per heavy atom. The highest BCUT2D eigenvalue weighted by atomic mass is 16.3. The molecule has 4 rings (SSSR count). The summed E-state index contributed by atoms with van der Waals surface area (Å²) in [5.41, 5.74) is -1.36. The van der Waals surface area contributed by atoms with Crippen molar-refractivity contribution in [2.24, 2.45) is 17.8 Å². The molecule has 4 bridgehead atoms. The van der Waals surface area contributed by atoms with Crippen LogP contribution in [0.1, 0.15) is 79.3 Å². The summed E-state index contributed by atoms with van der Waals surface area (Å²) in [5, 5.41) is 56.2. The van der Waals surface area contributed by atoms with Crippen LogP contribution in [-0.2, 0) is 14.4 Å². The van der Waals surface area contributed by atoms with E-state index in [0.717, 1.165) is 6.08 Å². The molecule has 11 nitrogen and oxygen atoms in total. The highest BCUT2D eigenvalue weighted by Gasteiger charge is 2.39. The third-order valence-corrected chi connectivity index (χ3v) is 8.81. The van der Waals surface area contributed by atoms with Gasteiger partial charge in [0.15, 0.2) is 17.3 Å². The first-order valence-corrected chi connectivity index (χ1v) is 16.3. The maximum atomic E-state index is 13.7. The van der Waals surface area contributed by atoms with Gasteiger partial charge in [0.25, 0.3) is 5.78 Å². The molecule has 0 fully saturated rings. The van der Waals surface area contributed by atoms with E-state index in [2.05, 4.69) is 5.32 Å². The zero-order valence-corrected chi connectivity index (χ0v) is 29.0. The number of aliphatic hydroxyl groups is 4. The summed E-state index contributed by atoms with van der Waals surface area (Å²) in [6.07, 6.45) is 11.9. The second kappa shape index (κ2) is 17.1. The highest BCUT2D eigenvalue weighted by Crippen LogP contribution is 2.37. The number of hydrogen-bond donors (Lipinski definition) is 6. The van der Waals surface area contributed by atoms with Gasteiger partial charge in [0.2, 0.25) is 11.7 Å².